The maximum atomic E-state index is 13.5. The van der Waals surface area contributed by atoms with Crippen LogP contribution in [0.4, 0.5) is 0 Å². The average Bonchev–Trinajstić information content (AvgIpc) is 3.20. The first-order valence-electron chi connectivity index (χ1n) is 10.4. The van der Waals surface area contributed by atoms with Gasteiger partial charge in [-0.15, -0.1) is 0 Å². The van der Waals surface area contributed by atoms with Crippen molar-refractivity contribution in [1.29, 1.82) is 0 Å². The number of amides is 1. The highest BCUT2D eigenvalue weighted by molar-refractivity contribution is 6.42. The van der Waals surface area contributed by atoms with Crippen molar-refractivity contribution in [1.82, 2.24) is 9.80 Å². The Morgan fingerprint density at radius 2 is 1.79 bits per heavy atom. The van der Waals surface area contributed by atoms with Crippen LogP contribution in [0.3, 0.4) is 0 Å². The predicted octanol–water partition coefficient (Wildman–Crippen LogP) is 5.49. The van der Waals surface area contributed by atoms with Gasteiger partial charge in [-0.3, -0.25) is 4.79 Å². The van der Waals surface area contributed by atoms with Gasteiger partial charge in [0.2, 0.25) is 5.91 Å². The van der Waals surface area contributed by atoms with E-state index in [0.29, 0.717) is 16.5 Å². The molecule has 1 saturated heterocycles. The summed E-state index contributed by atoms with van der Waals surface area (Å²) in [4.78, 5) is 18.1. The van der Waals surface area contributed by atoms with E-state index < -0.39 is 0 Å². The van der Waals surface area contributed by atoms with Crippen LogP contribution >= 0.6 is 23.2 Å². The van der Waals surface area contributed by atoms with Crippen LogP contribution in [0.15, 0.2) is 42.5 Å². The van der Waals surface area contributed by atoms with Crippen LogP contribution in [-0.4, -0.2) is 41.9 Å². The van der Waals surface area contributed by atoms with Gasteiger partial charge in [-0.25, -0.2) is 0 Å². The number of hydrogen-bond acceptors (Lipinski definition) is 2. The Kier molecular flexibility index (Phi) is 5.92. The Bertz CT molecular complexity index is 906. The molecule has 2 aromatic rings. The van der Waals surface area contributed by atoms with Gasteiger partial charge in [0.25, 0.3) is 0 Å². The predicted molar refractivity (Wildman–Crippen MR) is 120 cm³/mol. The fraction of sp³-hybridized carbons (Fsp3) is 0.458. The largest absolute Gasteiger partial charge is 0.333 e. The van der Waals surface area contributed by atoms with E-state index in [4.69, 9.17) is 23.2 Å². The molecule has 2 aliphatic rings. The number of fused-ring (bicyclic) bond motifs is 1. The minimum absolute atomic E-state index is 0.0780. The number of hydrogen-bond donors (Lipinski definition) is 0. The lowest BCUT2D eigenvalue weighted by molar-refractivity contribution is -0.135. The third-order valence-electron chi connectivity index (χ3n) is 6.28. The molecular weight excluding hydrogens is 403 g/mol. The van der Waals surface area contributed by atoms with Crippen molar-refractivity contribution >= 4 is 29.1 Å². The first kappa shape index (κ1) is 20.7. The molecular formula is C24H28Cl2N2O. The monoisotopic (exact) mass is 430 g/mol. The molecule has 1 fully saturated rings. The number of likely N-dealkylation sites (tertiary alicyclic amines) is 1. The number of nitrogens with zero attached hydrogens (tertiary/aromatic N) is 2. The van der Waals surface area contributed by atoms with Gasteiger partial charge in [0.15, 0.2) is 0 Å². The Balaban J connectivity index is 1.65. The van der Waals surface area contributed by atoms with Gasteiger partial charge in [-0.1, -0.05) is 67.4 Å². The fourth-order valence-electron chi connectivity index (χ4n) is 4.79. The summed E-state index contributed by atoms with van der Waals surface area (Å²) in [6.45, 7) is 8.34. The number of halogens is 2. The zero-order chi connectivity index (χ0) is 20.6. The second-order valence-corrected chi connectivity index (χ2v) is 9.76. The van der Waals surface area contributed by atoms with Crippen LogP contribution in [0.5, 0.6) is 0 Å². The van der Waals surface area contributed by atoms with Crippen molar-refractivity contribution in [2.24, 2.45) is 0 Å². The highest BCUT2D eigenvalue weighted by Gasteiger charge is 2.40. The summed E-state index contributed by atoms with van der Waals surface area (Å²) < 4.78 is 0. The van der Waals surface area contributed by atoms with E-state index in [1.54, 1.807) is 12.1 Å². The van der Waals surface area contributed by atoms with Gasteiger partial charge in [0, 0.05) is 18.5 Å². The third kappa shape index (κ3) is 4.33. The summed E-state index contributed by atoms with van der Waals surface area (Å²) in [5.74, 6) is 0.148. The van der Waals surface area contributed by atoms with Gasteiger partial charge in [-0.2, -0.15) is 0 Å². The molecule has 1 atom stereocenters. The van der Waals surface area contributed by atoms with E-state index in [1.165, 1.54) is 24.0 Å². The van der Waals surface area contributed by atoms with E-state index in [1.807, 2.05) is 6.07 Å². The molecule has 0 aromatic heterocycles. The zero-order valence-corrected chi connectivity index (χ0v) is 18.6. The molecule has 0 unspecified atom stereocenters. The lowest BCUT2D eigenvalue weighted by atomic mass is 9.75. The summed E-state index contributed by atoms with van der Waals surface area (Å²) in [6.07, 6.45) is 2.83. The van der Waals surface area contributed by atoms with E-state index in [0.717, 1.165) is 31.7 Å². The van der Waals surface area contributed by atoms with Crippen LogP contribution in [-0.2, 0) is 16.6 Å². The molecule has 0 spiro atoms. The molecule has 0 saturated carbocycles. The maximum absolute atomic E-state index is 13.5. The van der Waals surface area contributed by atoms with Crippen molar-refractivity contribution in [2.45, 2.75) is 44.6 Å². The molecule has 1 amide bonds. The molecule has 0 aliphatic carbocycles. The summed E-state index contributed by atoms with van der Waals surface area (Å²) >= 11 is 12.2. The molecule has 2 aliphatic heterocycles. The molecule has 2 aromatic carbocycles. The number of rotatable bonds is 4. The maximum Gasteiger partial charge on any atom is 0.227 e. The Morgan fingerprint density at radius 1 is 1.07 bits per heavy atom. The number of carbonyl (C=O) groups excluding carboxylic acids is 1. The average molecular weight is 431 g/mol. The van der Waals surface area contributed by atoms with Crippen LogP contribution in [0, 0.1) is 0 Å². The van der Waals surface area contributed by atoms with Crippen molar-refractivity contribution in [2.75, 3.05) is 26.2 Å². The van der Waals surface area contributed by atoms with Crippen LogP contribution in [0.25, 0.3) is 0 Å². The first-order valence-corrected chi connectivity index (χ1v) is 11.2. The molecule has 29 heavy (non-hydrogen) atoms. The van der Waals surface area contributed by atoms with Gasteiger partial charge < -0.3 is 9.80 Å². The SMILES string of the molecule is CC1(C)CN(C(=O)Cc2ccc(Cl)c(Cl)c2)[C@@H](CN2CCCC2)c2ccccc21. The standard InChI is InChI=1S/C24H28Cl2N2O/c1-24(2)16-28(23(29)14-17-9-10-20(25)21(26)13-17)22(15-27-11-5-6-12-27)18-7-3-4-8-19(18)24/h3-4,7-10,13,22H,5-6,11-12,14-16H2,1-2H3/t22-/m0/s1. The molecule has 5 heteroatoms. The van der Waals surface area contributed by atoms with E-state index in [2.05, 4.69) is 47.9 Å². The van der Waals surface area contributed by atoms with Gasteiger partial charge >= 0.3 is 0 Å². The first-order chi connectivity index (χ1) is 13.8. The van der Waals surface area contributed by atoms with E-state index >= 15 is 0 Å². The molecule has 0 bridgehead atoms. The van der Waals surface area contributed by atoms with Crippen molar-refractivity contribution in [3.05, 3.63) is 69.2 Å². The van der Waals surface area contributed by atoms with Crippen molar-refractivity contribution in [3.63, 3.8) is 0 Å². The van der Waals surface area contributed by atoms with Crippen LogP contribution in [0.2, 0.25) is 10.0 Å². The van der Waals surface area contributed by atoms with E-state index in [-0.39, 0.29) is 17.4 Å². The Hall–Kier alpha value is -1.55. The van der Waals surface area contributed by atoms with Crippen molar-refractivity contribution in [3.8, 4) is 0 Å². The molecule has 3 nitrogen and oxygen atoms in total. The summed E-state index contributed by atoms with van der Waals surface area (Å²) in [5, 5.41) is 1.01. The topological polar surface area (TPSA) is 23.6 Å². The lowest BCUT2D eigenvalue weighted by Gasteiger charge is -2.46. The van der Waals surface area contributed by atoms with Crippen LogP contribution in [0.1, 0.15) is 49.4 Å². The highest BCUT2D eigenvalue weighted by atomic mass is 35.5. The second-order valence-electron chi connectivity index (χ2n) is 8.94. The molecule has 0 radical (unpaired) electrons. The normalized spacial score (nSPS) is 21.2. The summed E-state index contributed by atoms with van der Waals surface area (Å²) in [5.41, 5.74) is 3.48. The second kappa shape index (κ2) is 8.29. The third-order valence-corrected chi connectivity index (χ3v) is 7.02. The molecule has 0 N–H and O–H groups in total. The Morgan fingerprint density at radius 3 is 2.52 bits per heavy atom. The minimum Gasteiger partial charge on any atom is -0.333 e. The van der Waals surface area contributed by atoms with Crippen molar-refractivity contribution < 1.29 is 4.79 Å². The number of benzene rings is 2. The highest BCUT2D eigenvalue weighted by Crippen LogP contribution is 2.40. The Labute approximate surface area is 183 Å². The van der Waals surface area contributed by atoms with Gasteiger partial charge in [0.05, 0.1) is 22.5 Å². The number of carbonyl (C=O) groups is 1. The summed E-state index contributed by atoms with van der Waals surface area (Å²) in [6, 6.07) is 14.2. The smallest absolute Gasteiger partial charge is 0.227 e. The minimum atomic E-state index is -0.0780. The van der Waals surface area contributed by atoms with Gasteiger partial charge in [0.1, 0.15) is 0 Å². The lowest BCUT2D eigenvalue weighted by Crippen LogP contribution is -2.51. The molecule has 2 heterocycles. The fourth-order valence-corrected chi connectivity index (χ4v) is 5.11. The van der Waals surface area contributed by atoms with E-state index in [9.17, 15) is 4.79 Å². The van der Waals surface area contributed by atoms with Crippen LogP contribution < -0.4 is 0 Å². The molecule has 4 rings (SSSR count). The molecule has 154 valence electrons. The van der Waals surface area contributed by atoms with Gasteiger partial charge in [-0.05, 0) is 54.8 Å². The summed E-state index contributed by atoms with van der Waals surface area (Å²) in [7, 11) is 0. The zero-order valence-electron chi connectivity index (χ0n) is 17.1. The quantitative estimate of drug-likeness (QED) is 0.639.